The van der Waals surface area contributed by atoms with Crippen LogP contribution < -0.4 is 5.73 Å². The maximum absolute atomic E-state index is 6.21. The molecule has 0 bridgehead atoms. The minimum atomic E-state index is 0.510. The number of hydrogen-bond donors (Lipinski definition) is 1. The monoisotopic (exact) mass is 349 g/mol. The van der Waals surface area contributed by atoms with E-state index in [4.69, 9.17) is 17.3 Å². The predicted molar refractivity (Wildman–Crippen MR) is 81.7 cm³/mol. The first-order valence-corrected chi connectivity index (χ1v) is 6.92. The molecule has 7 heteroatoms. The SMILES string of the molecule is Nc1ccc(-c2nnnn2-c2cccc(Br)c2)c(Cl)c1. The van der Waals surface area contributed by atoms with E-state index in [-0.39, 0.29) is 0 Å². The Morgan fingerprint density at radius 2 is 2.00 bits per heavy atom. The molecule has 0 fully saturated rings. The minimum absolute atomic E-state index is 0.510. The van der Waals surface area contributed by atoms with Crippen LogP contribution in [0.4, 0.5) is 5.69 Å². The summed E-state index contributed by atoms with van der Waals surface area (Å²) in [4.78, 5) is 0. The number of nitrogens with zero attached hydrogens (tertiary/aromatic N) is 4. The quantitative estimate of drug-likeness (QED) is 0.720. The molecule has 1 heterocycles. The molecule has 5 nitrogen and oxygen atoms in total. The largest absolute Gasteiger partial charge is 0.399 e. The Bertz CT molecular complexity index is 771. The molecule has 0 atom stereocenters. The fourth-order valence-corrected chi connectivity index (χ4v) is 2.51. The predicted octanol–water partition coefficient (Wildman–Crippen LogP) is 3.33. The zero-order valence-electron chi connectivity index (χ0n) is 10.2. The zero-order valence-corrected chi connectivity index (χ0v) is 12.5. The van der Waals surface area contributed by atoms with Gasteiger partial charge in [-0.25, -0.2) is 0 Å². The maximum Gasteiger partial charge on any atom is 0.188 e. The molecule has 3 aromatic rings. The van der Waals surface area contributed by atoms with Gasteiger partial charge >= 0.3 is 0 Å². The van der Waals surface area contributed by atoms with Crippen LogP contribution in [0.2, 0.25) is 5.02 Å². The van der Waals surface area contributed by atoms with Crippen molar-refractivity contribution in [2.24, 2.45) is 0 Å². The lowest BCUT2D eigenvalue weighted by Crippen LogP contribution is -2.00. The molecular weight excluding hydrogens is 342 g/mol. The van der Waals surface area contributed by atoms with E-state index in [1.54, 1.807) is 22.9 Å². The molecular formula is C13H9BrClN5. The summed E-state index contributed by atoms with van der Waals surface area (Å²) < 4.78 is 2.57. The molecule has 1 aromatic heterocycles. The highest BCUT2D eigenvalue weighted by Crippen LogP contribution is 2.29. The Morgan fingerprint density at radius 3 is 2.75 bits per heavy atom. The molecule has 0 saturated carbocycles. The second-order valence-corrected chi connectivity index (χ2v) is 5.46. The zero-order chi connectivity index (χ0) is 14.1. The Balaban J connectivity index is 2.15. The fourth-order valence-electron chi connectivity index (χ4n) is 1.85. The molecule has 0 saturated heterocycles. The molecule has 100 valence electrons. The van der Waals surface area contributed by atoms with Gasteiger partial charge in [0, 0.05) is 15.7 Å². The topological polar surface area (TPSA) is 69.6 Å². The standard InChI is InChI=1S/C13H9BrClN5/c14-8-2-1-3-10(6-8)20-13(17-18-19-20)11-5-4-9(16)7-12(11)15/h1-7H,16H2. The van der Waals surface area contributed by atoms with E-state index in [1.807, 2.05) is 24.3 Å². The van der Waals surface area contributed by atoms with Crippen molar-refractivity contribution in [1.29, 1.82) is 0 Å². The van der Waals surface area contributed by atoms with E-state index in [0.29, 0.717) is 16.5 Å². The van der Waals surface area contributed by atoms with Crippen molar-refractivity contribution in [2.75, 3.05) is 5.73 Å². The van der Waals surface area contributed by atoms with E-state index in [0.717, 1.165) is 15.7 Å². The molecule has 0 spiro atoms. The molecule has 0 amide bonds. The maximum atomic E-state index is 6.21. The van der Waals surface area contributed by atoms with Crippen molar-refractivity contribution < 1.29 is 0 Å². The van der Waals surface area contributed by atoms with Gasteiger partial charge in [-0.1, -0.05) is 33.6 Å². The summed E-state index contributed by atoms with van der Waals surface area (Å²) in [6.45, 7) is 0. The Labute approximate surface area is 128 Å². The number of anilines is 1. The average Bonchev–Trinajstić information content (AvgIpc) is 2.87. The van der Waals surface area contributed by atoms with Crippen molar-refractivity contribution in [3.63, 3.8) is 0 Å². The van der Waals surface area contributed by atoms with Gasteiger partial charge in [0.15, 0.2) is 5.82 Å². The fraction of sp³-hybridized carbons (Fsp3) is 0. The summed E-state index contributed by atoms with van der Waals surface area (Å²) in [5.74, 6) is 0.563. The molecule has 0 aliphatic rings. The number of aromatic nitrogens is 4. The molecule has 0 radical (unpaired) electrons. The Hall–Kier alpha value is -1.92. The summed E-state index contributed by atoms with van der Waals surface area (Å²) in [6, 6.07) is 12.9. The normalized spacial score (nSPS) is 10.7. The highest BCUT2D eigenvalue weighted by Gasteiger charge is 2.14. The smallest absolute Gasteiger partial charge is 0.188 e. The summed E-state index contributed by atoms with van der Waals surface area (Å²) in [5, 5.41) is 12.3. The Kier molecular flexibility index (Phi) is 3.42. The van der Waals surface area contributed by atoms with E-state index in [2.05, 4.69) is 31.5 Å². The van der Waals surface area contributed by atoms with E-state index < -0.39 is 0 Å². The van der Waals surface area contributed by atoms with Gasteiger partial charge in [0.1, 0.15) is 0 Å². The van der Waals surface area contributed by atoms with Crippen LogP contribution in [0.1, 0.15) is 0 Å². The summed E-state index contributed by atoms with van der Waals surface area (Å²) >= 11 is 9.64. The number of nitrogens with two attached hydrogens (primary N) is 1. The average molecular weight is 351 g/mol. The number of halogens is 2. The van der Waals surface area contributed by atoms with Crippen LogP contribution in [-0.4, -0.2) is 20.2 Å². The highest BCUT2D eigenvalue weighted by molar-refractivity contribution is 9.10. The second kappa shape index (κ2) is 5.22. The molecule has 20 heavy (non-hydrogen) atoms. The minimum Gasteiger partial charge on any atom is -0.399 e. The van der Waals surface area contributed by atoms with Gasteiger partial charge in [-0.05, 0) is 46.8 Å². The lowest BCUT2D eigenvalue weighted by atomic mass is 10.2. The molecule has 2 aromatic carbocycles. The number of rotatable bonds is 2. The third-order valence-electron chi connectivity index (χ3n) is 2.76. The van der Waals surface area contributed by atoms with Gasteiger partial charge in [-0.3, -0.25) is 0 Å². The van der Waals surface area contributed by atoms with E-state index in [9.17, 15) is 0 Å². The van der Waals surface area contributed by atoms with Gasteiger partial charge in [0.2, 0.25) is 0 Å². The number of hydrogen-bond acceptors (Lipinski definition) is 4. The number of tetrazole rings is 1. The van der Waals surface area contributed by atoms with Gasteiger partial charge in [-0.2, -0.15) is 4.68 Å². The van der Waals surface area contributed by atoms with Crippen molar-refractivity contribution in [2.45, 2.75) is 0 Å². The molecule has 0 aliphatic heterocycles. The van der Waals surface area contributed by atoms with E-state index in [1.165, 1.54) is 0 Å². The second-order valence-electron chi connectivity index (χ2n) is 4.13. The lowest BCUT2D eigenvalue weighted by molar-refractivity contribution is 0.791. The van der Waals surface area contributed by atoms with Crippen LogP contribution in [0.3, 0.4) is 0 Å². The van der Waals surface area contributed by atoms with Gasteiger partial charge in [-0.15, -0.1) is 5.10 Å². The van der Waals surface area contributed by atoms with E-state index >= 15 is 0 Å². The van der Waals surface area contributed by atoms with Crippen LogP contribution in [0.25, 0.3) is 17.1 Å². The molecule has 2 N–H and O–H groups in total. The first-order valence-electron chi connectivity index (χ1n) is 5.75. The van der Waals surface area contributed by atoms with Crippen molar-refractivity contribution in [3.8, 4) is 17.1 Å². The van der Waals surface area contributed by atoms with Crippen LogP contribution in [0, 0.1) is 0 Å². The van der Waals surface area contributed by atoms with Gasteiger partial charge in [0.25, 0.3) is 0 Å². The van der Waals surface area contributed by atoms with Gasteiger partial charge in [0.05, 0.1) is 10.7 Å². The lowest BCUT2D eigenvalue weighted by Gasteiger charge is -2.07. The first kappa shape index (κ1) is 13.1. The molecule has 0 unspecified atom stereocenters. The van der Waals surface area contributed by atoms with Crippen LogP contribution in [0.5, 0.6) is 0 Å². The third-order valence-corrected chi connectivity index (χ3v) is 3.56. The molecule has 0 aliphatic carbocycles. The van der Waals surface area contributed by atoms with Gasteiger partial charge < -0.3 is 5.73 Å². The summed E-state index contributed by atoms with van der Waals surface area (Å²) in [7, 11) is 0. The van der Waals surface area contributed by atoms with Crippen molar-refractivity contribution in [3.05, 3.63) is 52.0 Å². The van der Waals surface area contributed by atoms with Crippen molar-refractivity contribution >= 4 is 33.2 Å². The van der Waals surface area contributed by atoms with Crippen LogP contribution >= 0.6 is 27.5 Å². The first-order chi connectivity index (χ1) is 9.65. The number of benzene rings is 2. The van der Waals surface area contributed by atoms with Crippen molar-refractivity contribution in [1.82, 2.24) is 20.2 Å². The Morgan fingerprint density at radius 1 is 1.15 bits per heavy atom. The highest BCUT2D eigenvalue weighted by atomic mass is 79.9. The number of nitrogen functional groups attached to an aromatic ring is 1. The van der Waals surface area contributed by atoms with Crippen LogP contribution in [0.15, 0.2) is 46.9 Å². The molecule has 3 rings (SSSR count). The summed E-state index contributed by atoms with van der Waals surface area (Å²) in [6.07, 6.45) is 0. The summed E-state index contributed by atoms with van der Waals surface area (Å²) in [5.41, 5.74) is 7.87. The third kappa shape index (κ3) is 2.39. The van der Waals surface area contributed by atoms with Crippen LogP contribution in [-0.2, 0) is 0 Å².